The Hall–Kier alpha value is -1.82. The SMILES string of the molecule is NCCCCc1cn(CC(F)(F)c2ccccc2)nn1. The molecule has 0 radical (unpaired) electrons. The third kappa shape index (κ3) is 3.84. The second-order valence-corrected chi connectivity index (χ2v) is 4.72. The van der Waals surface area contributed by atoms with Gasteiger partial charge in [-0.05, 0) is 25.8 Å². The highest BCUT2D eigenvalue weighted by atomic mass is 19.3. The van der Waals surface area contributed by atoms with Crippen LogP contribution in [0.3, 0.4) is 0 Å². The van der Waals surface area contributed by atoms with E-state index >= 15 is 0 Å². The van der Waals surface area contributed by atoms with Crippen LogP contribution >= 0.6 is 0 Å². The van der Waals surface area contributed by atoms with E-state index in [0.29, 0.717) is 13.0 Å². The minimum Gasteiger partial charge on any atom is -0.330 e. The Kier molecular flexibility index (Phi) is 4.79. The number of aromatic nitrogens is 3. The standard InChI is InChI=1S/C14H18F2N4/c15-14(16,12-6-2-1-3-7-12)11-20-10-13(18-19-20)8-4-5-9-17/h1-3,6-7,10H,4-5,8-9,11,17H2. The minimum absolute atomic E-state index is 0.0137. The van der Waals surface area contributed by atoms with Crippen molar-refractivity contribution in [3.8, 4) is 0 Å². The van der Waals surface area contributed by atoms with Crippen molar-refractivity contribution in [3.63, 3.8) is 0 Å². The van der Waals surface area contributed by atoms with Crippen LogP contribution in [-0.4, -0.2) is 21.5 Å². The monoisotopic (exact) mass is 280 g/mol. The van der Waals surface area contributed by atoms with Crippen LogP contribution in [0, 0.1) is 0 Å². The molecular weight excluding hydrogens is 262 g/mol. The summed E-state index contributed by atoms with van der Waals surface area (Å²) in [4.78, 5) is 0. The van der Waals surface area contributed by atoms with Gasteiger partial charge in [-0.15, -0.1) is 5.10 Å². The van der Waals surface area contributed by atoms with Gasteiger partial charge in [0.25, 0.3) is 5.92 Å². The lowest BCUT2D eigenvalue weighted by Crippen LogP contribution is -2.21. The zero-order valence-corrected chi connectivity index (χ0v) is 11.2. The molecule has 0 spiro atoms. The summed E-state index contributed by atoms with van der Waals surface area (Å²) in [6.45, 7) is 0.126. The van der Waals surface area contributed by atoms with Gasteiger partial charge in [0.15, 0.2) is 0 Å². The molecule has 0 bridgehead atoms. The topological polar surface area (TPSA) is 56.7 Å². The van der Waals surface area contributed by atoms with Crippen LogP contribution in [0.15, 0.2) is 36.5 Å². The number of hydrogen-bond donors (Lipinski definition) is 1. The van der Waals surface area contributed by atoms with Crippen molar-refractivity contribution < 1.29 is 8.78 Å². The lowest BCUT2D eigenvalue weighted by molar-refractivity contribution is -0.0258. The maximum atomic E-state index is 14.1. The first-order valence-corrected chi connectivity index (χ1v) is 6.64. The molecule has 20 heavy (non-hydrogen) atoms. The predicted molar refractivity (Wildman–Crippen MR) is 72.4 cm³/mol. The second-order valence-electron chi connectivity index (χ2n) is 4.72. The summed E-state index contributed by atoms with van der Waals surface area (Å²) < 4.78 is 29.3. The molecule has 1 heterocycles. The Morgan fingerprint density at radius 3 is 2.60 bits per heavy atom. The molecular formula is C14H18F2N4. The molecule has 108 valence electrons. The lowest BCUT2D eigenvalue weighted by Gasteiger charge is -2.15. The van der Waals surface area contributed by atoms with Gasteiger partial charge in [-0.1, -0.05) is 35.5 Å². The largest absolute Gasteiger partial charge is 0.330 e. The van der Waals surface area contributed by atoms with Crippen molar-refractivity contribution in [2.24, 2.45) is 5.73 Å². The minimum atomic E-state index is -2.95. The number of benzene rings is 1. The number of aryl methyl sites for hydroxylation is 1. The summed E-state index contributed by atoms with van der Waals surface area (Å²) in [6.07, 6.45) is 4.08. The van der Waals surface area contributed by atoms with E-state index in [2.05, 4.69) is 10.3 Å². The molecule has 0 saturated heterocycles. The summed E-state index contributed by atoms with van der Waals surface area (Å²) in [6, 6.07) is 7.74. The molecule has 1 aromatic carbocycles. The van der Waals surface area contributed by atoms with Gasteiger partial charge < -0.3 is 5.73 Å². The Labute approximate surface area is 116 Å². The number of nitrogens with two attached hydrogens (primary N) is 1. The second kappa shape index (κ2) is 6.56. The maximum absolute atomic E-state index is 14.1. The van der Waals surface area contributed by atoms with Crippen LogP contribution < -0.4 is 5.73 Å². The summed E-state index contributed by atoms with van der Waals surface area (Å²) >= 11 is 0. The van der Waals surface area contributed by atoms with Gasteiger partial charge in [0.1, 0.15) is 6.54 Å². The number of halogens is 2. The average molecular weight is 280 g/mol. The number of hydrogen-bond acceptors (Lipinski definition) is 3. The summed E-state index contributed by atoms with van der Waals surface area (Å²) in [5.41, 5.74) is 6.12. The molecule has 2 aromatic rings. The van der Waals surface area contributed by atoms with Crippen LogP contribution in [0.2, 0.25) is 0 Å². The molecule has 6 heteroatoms. The zero-order chi connectivity index (χ0) is 14.4. The fraction of sp³-hybridized carbons (Fsp3) is 0.429. The molecule has 0 atom stereocenters. The average Bonchev–Trinajstić information content (AvgIpc) is 2.87. The number of rotatable bonds is 7. The number of alkyl halides is 2. The van der Waals surface area contributed by atoms with Gasteiger partial charge in [0.05, 0.1) is 5.69 Å². The van der Waals surface area contributed by atoms with E-state index in [4.69, 9.17) is 5.73 Å². The fourth-order valence-corrected chi connectivity index (χ4v) is 1.96. The van der Waals surface area contributed by atoms with Crippen molar-refractivity contribution in [1.29, 1.82) is 0 Å². The van der Waals surface area contributed by atoms with E-state index in [-0.39, 0.29) is 5.56 Å². The Morgan fingerprint density at radius 1 is 1.15 bits per heavy atom. The van der Waals surface area contributed by atoms with Crippen LogP contribution in [0.5, 0.6) is 0 Å². The van der Waals surface area contributed by atoms with E-state index in [1.54, 1.807) is 24.4 Å². The first-order chi connectivity index (χ1) is 9.62. The molecule has 0 aliphatic carbocycles. The van der Waals surface area contributed by atoms with Crippen molar-refractivity contribution in [3.05, 3.63) is 47.8 Å². The van der Waals surface area contributed by atoms with E-state index in [1.807, 2.05) is 0 Å². The molecule has 0 unspecified atom stereocenters. The summed E-state index contributed by atoms with van der Waals surface area (Å²) in [7, 11) is 0. The molecule has 0 amide bonds. The van der Waals surface area contributed by atoms with Crippen LogP contribution in [0.25, 0.3) is 0 Å². The molecule has 0 fully saturated rings. The molecule has 2 N–H and O–H groups in total. The van der Waals surface area contributed by atoms with Crippen molar-refractivity contribution >= 4 is 0 Å². The Balaban J connectivity index is 1.99. The molecule has 0 aliphatic rings. The van der Waals surface area contributed by atoms with Gasteiger partial charge >= 0.3 is 0 Å². The van der Waals surface area contributed by atoms with Crippen LogP contribution in [0.1, 0.15) is 24.1 Å². The summed E-state index contributed by atoms with van der Waals surface area (Å²) in [5.74, 6) is -2.95. The van der Waals surface area contributed by atoms with Crippen LogP contribution in [0.4, 0.5) is 8.78 Å². The Bertz CT molecular complexity index is 525. The Morgan fingerprint density at radius 2 is 1.90 bits per heavy atom. The predicted octanol–water partition coefficient (Wildman–Crippen LogP) is 2.35. The van der Waals surface area contributed by atoms with E-state index in [1.165, 1.54) is 16.8 Å². The molecule has 2 rings (SSSR count). The van der Waals surface area contributed by atoms with Crippen molar-refractivity contribution in [2.45, 2.75) is 31.7 Å². The first kappa shape index (κ1) is 14.6. The van der Waals surface area contributed by atoms with Gasteiger partial charge in [0, 0.05) is 11.8 Å². The highest BCUT2D eigenvalue weighted by Crippen LogP contribution is 2.29. The van der Waals surface area contributed by atoms with Gasteiger partial charge in [0.2, 0.25) is 0 Å². The van der Waals surface area contributed by atoms with E-state index in [0.717, 1.165) is 18.5 Å². The van der Waals surface area contributed by atoms with E-state index < -0.39 is 12.5 Å². The quantitative estimate of drug-likeness (QED) is 0.792. The normalized spacial score (nSPS) is 11.8. The highest BCUT2D eigenvalue weighted by molar-refractivity contribution is 5.19. The summed E-state index contributed by atoms with van der Waals surface area (Å²) in [5, 5.41) is 7.67. The fourth-order valence-electron chi connectivity index (χ4n) is 1.96. The third-order valence-electron chi connectivity index (χ3n) is 3.03. The lowest BCUT2D eigenvalue weighted by atomic mass is 10.1. The number of unbranched alkanes of at least 4 members (excludes halogenated alkanes) is 1. The van der Waals surface area contributed by atoms with Gasteiger partial charge in [-0.25, -0.2) is 4.68 Å². The van der Waals surface area contributed by atoms with Crippen molar-refractivity contribution in [2.75, 3.05) is 6.54 Å². The molecule has 0 saturated carbocycles. The maximum Gasteiger partial charge on any atom is 0.292 e. The third-order valence-corrected chi connectivity index (χ3v) is 3.03. The van der Waals surface area contributed by atoms with Crippen molar-refractivity contribution in [1.82, 2.24) is 15.0 Å². The number of nitrogens with zero attached hydrogens (tertiary/aromatic N) is 3. The molecule has 0 aliphatic heterocycles. The van der Waals surface area contributed by atoms with Gasteiger partial charge in [-0.2, -0.15) is 8.78 Å². The first-order valence-electron chi connectivity index (χ1n) is 6.64. The molecule has 4 nitrogen and oxygen atoms in total. The van der Waals surface area contributed by atoms with Crippen LogP contribution in [-0.2, 0) is 18.9 Å². The van der Waals surface area contributed by atoms with Gasteiger partial charge in [-0.3, -0.25) is 0 Å². The molecule has 1 aromatic heterocycles. The van der Waals surface area contributed by atoms with E-state index in [9.17, 15) is 8.78 Å². The highest BCUT2D eigenvalue weighted by Gasteiger charge is 2.32. The smallest absolute Gasteiger partial charge is 0.292 e. The zero-order valence-electron chi connectivity index (χ0n) is 11.2.